The summed E-state index contributed by atoms with van der Waals surface area (Å²) in [7, 11) is -1.06. The van der Waals surface area contributed by atoms with Crippen molar-refractivity contribution >= 4 is 40.1 Å². The van der Waals surface area contributed by atoms with Crippen LogP contribution in [0.1, 0.15) is 62.3 Å². The molecule has 0 saturated carbocycles. The molecule has 54 heavy (non-hydrogen) atoms. The van der Waals surface area contributed by atoms with E-state index in [0.29, 0.717) is 35.2 Å². The van der Waals surface area contributed by atoms with Crippen molar-refractivity contribution in [3.63, 3.8) is 0 Å². The summed E-state index contributed by atoms with van der Waals surface area (Å²) in [5.74, 6) is -2.05. The molecule has 0 aliphatic heterocycles. The van der Waals surface area contributed by atoms with Gasteiger partial charge in [-0.05, 0) is 66.8 Å². The standard InChI is InChI=1S/C36H43FN4O12S/c1-23(2)34-29(35(25-10-12-26(37)13-11-25)39-36(38-34)40(3)54(5,48)49)15-14-27(42)21-28(43)22-33(45)53-30-16-8-24(20-31(30)50-4)9-17-32(44)51-18-6-7-19-52-41(46)47/h8-17,20,23,27-28,42-43H,6-7,18-19,21-22H2,1-5H3/b15-14+,17-9+/t27-,28-/m1/s1. The molecule has 0 unspecified atom stereocenters. The number of carbonyl (C=O) groups is 2. The predicted molar refractivity (Wildman–Crippen MR) is 196 cm³/mol. The Morgan fingerprint density at radius 1 is 1.04 bits per heavy atom. The molecule has 2 N–H and O–H groups in total. The molecular weight excluding hydrogens is 731 g/mol. The minimum atomic E-state index is -3.72. The molecule has 0 radical (unpaired) electrons. The summed E-state index contributed by atoms with van der Waals surface area (Å²) >= 11 is 0. The van der Waals surface area contributed by atoms with Gasteiger partial charge in [-0.1, -0.05) is 32.1 Å². The van der Waals surface area contributed by atoms with Gasteiger partial charge in [-0.15, -0.1) is 10.1 Å². The third kappa shape index (κ3) is 13.5. The summed E-state index contributed by atoms with van der Waals surface area (Å²) in [6, 6.07) is 9.94. The van der Waals surface area contributed by atoms with E-state index in [1.54, 1.807) is 6.07 Å². The molecule has 3 rings (SSSR count). The maximum absolute atomic E-state index is 13.8. The van der Waals surface area contributed by atoms with E-state index in [0.717, 1.165) is 10.6 Å². The van der Waals surface area contributed by atoms with Crippen molar-refractivity contribution in [2.45, 2.75) is 57.7 Å². The molecule has 0 saturated heterocycles. The van der Waals surface area contributed by atoms with Gasteiger partial charge in [-0.25, -0.2) is 31.9 Å². The van der Waals surface area contributed by atoms with E-state index in [2.05, 4.69) is 14.8 Å². The number of ether oxygens (including phenoxy) is 3. The number of hydrogen-bond donors (Lipinski definition) is 2. The Hall–Kier alpha value is -5.46. The highest BCUT2D eigenvalue weighted by atomic mass is 32.2. The summed E-state index contributed by atoms with van der Waals surface area (Å²) in [5.41, 5.74) is 2.17. The molecule has 2 atom stereocenters. The number of aromatic nitrogens is 2. The first-order valence-electron chi connectivity index (χ1n) is 16.6. The highest BCUT2D eigenvalue weighted by Crippen LogP contribution is 2.32. The molecule has 0 amide bonds. The number of hydrogen-bond acceptors (Lipinski definition) is 14. The molecule has 0 aliphatic rings. The number of rotatable bonds is 20. The van der Waals surface area contributed by atoms with Gasteiger partial charge in [0.25, 0.3) is 5.09 Å². The maximum Gasteiger partial charge on any atom is 0.330 e. The van der Waals surface area contributed by atoms with Gasteiger partial charge in [-0.3, -0.25) is 4.79 Å². The number of aliphatic hydroxyl groups excluding tert-OH is 2. The lowest BCUT2D eigenvalue weighted by atomic mass is 9.97. The molecule has 1 aromatic heterocycles. The van der Waals surface area contributed by atoms with Crippen molar-refractivity contribution < 1.29 is 56.7 Å². The van der Waals surface area contributed by atoms with Gasteiger partial charge in [0.1, 0.15) is 5.82 Å². The normalized spacial score (nSPS) is 12.8. The monoisotopic (exact) mass is 774 g/mol. The van der Waals surface area contributed by atoms with Crippen LogP contribution in [0.4, 0.5) is 10.3 Å². The lowest BCUT2D eigenvalue weighted by molar-refractivity contribution is -0.757. The molecule has 0 spiro atoms. The maximum atomic E-state index is 13.8. The van der Waals surface area contributed by atoms with Gasteiger partial charge in [-0.2, -0.15) is 0 Å². The van der Waals surface area contributed by atoms with Crippen LogP contribution in [0, 0.1) is 15.9 Å². The van der Waals surface area contributed by atoms with Crippen LogP contribution in [0.5, 0.6) is 11.5 Å². The zero-order valence-electron chi connectivity index (χ0n) is 30.4. The van der Waals surface area contributed by atoms with Crippen molar-refractivity contribution in [3.05, 3.63) is 87.4 Å². The largest absolute Gasteiger partial charge is 0.493 e. The second kappa shape index (κ2) is 20.1. The van der Waals surface area contributed by atoms with Crippen molar-refractivity contribution in [1.82, 2.24) is 9.97 Å². The zero-order chi connectivity index (χ0) is 40.0. The van der Waals surface area contributed by atoms with Gasteiger partial charge < -0.3 is 29.3 Å². The summed E-state index contributed by atoms with van der Waals surface area (Å²) < 4.78 is 55.0. The Morgan fingerprint density at radius 3 is 2.35 bits per heavy atom. The van der Waals surface area contributed by atoms with Crippen molar-refractivity contribution in [1.29, 1.82) is 0 Å². The number of methoxy groups -OCH3 is 1. The zero-order valence-corrected chi connectivity index (χ0v) is 31.2. The van der Waals surface area contributed by atoms with Gasteiger partial charge in [0.2, 0.25) is 16.0 Å². The fourth-order valence-corrected chi connectivity index (χ4v) is 5.18. The average Bonchev–Trinajstić information content (AvgIpc) is 3.10. The molecule has 2 aromatic carbocycles. The number of carbonyl (C=O) groups excluding carboxylic acids is 2. The average molecular weight is 775 g/mol. The van der Waals surface area contributed by atoms with Crippen molar-refractivity contribution in [2.24, 2.45) is 0 Å². The number of benzene rings is 2. The van der Waals surface area contributed by atoms with Crippen LogP contribution in [0.25, 0.3) is 23.4 Å². The topological polar surface area (TPSA) is 218 Å². The summed E-state index contributed by atoms with van der Waals surface area (Å²) in [4.78, 5) is 48.0. The number of halogens is 1. The SMILES string of the molecule is COc1cc(/C=C/C(=O)OCCCCO[N+](=O)[O-])ccc1OC(=O)C[C@H](O)C[C@H](O)/C=C/c1c(-c2ccc(F)cc2)nc(N(C)S(C)(=O)=O)nc1C(C)C. The number of sulfonamides is 1. The number of esters is 2. The molecule has 0 bridgehead atoms. The minimum Gasteiger partial charge on any atom is -0.493 e. The lowest BCUT2D eigenvalue weighted by Gasteiger charge is -2.20. The summed E-state index contributed by atoms with van der Waals surface area (Å²) in [5, 5.41) is 30.7. The molecular formula is C36H43FN4O12S. The Labute approximate surface area is 312 Å². The van der Waals surface area contributed by atoms with Crippen LogP contribution in [0.2, 0.25) is 0 Å². The Balaban J connectivity index is 1.66. The first kappa shape index (κ1) is 42.9. The predicted octanol–water partition coefficient (Wildman–Crippen LogP) is 4.48. The van der Waals surface area contributed by atoms with Crippen LogP contribution in [0.15, 0.2) is 54.6 Å². The van der Waals surface area contributed by atoms with E-state index < -0.39 is 51.5 Å². The fourth-order valence-electron chi connectivity index (χ4n) is 4.80. The van der Waals surface area contributed by atoms with E-state index in [1.165, 1.54) is 74.9 Å². The molecule has 1 heterocycles. The Bertz CT molecular complexity index is 1940. The molecule has 0 fully saturated rings. The third-order valence-corrected chi connectivity index (χ3v) is 8.77. The third-order valence-electron chi connectivity index (χ3n) is 7.61. The van der Waals surface area contributed by atoms with Crippen LogP contribution < -0.4 is 13.8 Å². The minimum absolute atomic E-state index is 0.0475. The number of nitrogens with zero attached hydrogens (tertiary/aromatic N) is 4. The molecule has 0 aliphatic carbocycles. The molecule has 16 nitrogen and oxygen atoms in total. The smallest absolute Gasteiger partial charge is 0.330 e. The van der Waals surface area contributed by atoms with E-state index in [1.807, 2.05) is 13.8 Å². The highest BCUT2D eigenvalue weighted by molar-refractivity contribution is 7.92. The summed E-state index contributed by atoms with van der Waals surface area (Å²) in [6.45, 7) is 3.63. The molecule has 292 valence electrons. The number of anilines is 1. The van der Waals surface area contributed by atoms with Gasteiger partial charge in [0.05, 0.1) is 56.6 Å². The van der Waals surface area contributed by atoms with Gasteiger partial charge in [0.15, 0.2) is 11.5 Å². The van der Waals surface area contributed by atoms with Crippen LogP contribution >= 0.6 is 0 Å². The second-order valence-corrected chi connectivity index (χ2v) is 14.2. The summed E-state index contributed by atoms with van der Waals surface area (Å²) in [6.07, 6.45) is 3.97. The van der Waals surface area contributed by atoms with Crippen LogP contribution in [0.3, 0.4) is 0 Å². The highest BCUT2D eigenvalue weighted by Gasteiger charge is 2.23. The Morgan fingerprint density at radius 2 is 1.72 bits per heavy atom. The number of unbranched alkanes of at least 4 members (excludes halogenated alkanes) is 1. The first-order valence-corrected chi connectivity index (χ1v) is 18.5. The second-order valence-electron chi connectivity index (χ2n) is 12.2. The quantitative estimate of drug-likeness (QED) is 0.0404. The van der Waals surface area contributed by atoms with E-state index in [-0.39, 0.29) is 48.7 Å². The first-order chi connectivity index (χ1) is 25.5. The van der Waals surface area contributed by atoms with Gasteiger partial charge in [0, 0.05) is 30.7 Å². The van der Waals surface area contributed by atoms with Gasteiger partial charge >= 0.3 is 11.9 Å². The van der Waals surface area contributed by atoms with E-state index in [4.69, 9.17) is 14.2 Å². The van der Waals surface area contributed by atoms with E-state index in [9.17, 15) is 42.7 Å². The number of aliphatic hydroxyl groups is 2. The van der Waals surface area contributed by atoms with E-state index >= 15 is 0 Å². The van der Waals surface area contributed by atoms with Crippen LogP contribution in [-0.2, 0) is 29.2 Å². The molecule has 18 heteroatoms. The fraction of sp³-hybridized carbons (Fsp3) is 0.389. The van der Waals surface area contributed by atoms with Crippen LogP contribution in [-0.4, -0.2) is 91.5 Å². The lowest BCUT2D eigenvalue weighted by Crippen LogP contribution is -2.27. The van der Waals surface area contributed by atoms with Crippen molar-refractivity contribution in [2.75, 3.05) is 37.9 Å². The van der Waals surface area contributed by atoms with Crippen molar-refractivity contribution in [3.8, 4) is 22.8 Å². The Kier molecular flexibility index (Phi) is 16.0. The molecule has 3 aromatic rings.